The van der Waals surface area contributed by atoms with E-state index in [1.54, 1.807) is 0 Å². The van der Waals surface area contributed by atoms with Gasteiger partial charge in [0, 0.05) is 0 Å². The van der Waals surface area contributed by atoms with Crippen molar-refractivity contribution in [1.82, 2.24) is 0 Å². The Morgan fingerprint density at radius 2 is 1.60 bits per heavy atom. The van der Waals surface area contributed by atoms with Crippen molar-refractivity contribution in [2.45, 2.75) is 39.8 Å². The van der Waals surface area contributed by atoms with E-state index in [9.17, 15) is 0 Å². The molecule has 0 aromatic heterocycles. The van der Waals surface area contributed by atoms with Crippen molar-refractivity contribution in [3.05, 3.63) is 0 Å². The van der Waals surface area contributed by atoms with Gasteiger partial charge in [-0.15, -0.1) is 0 Å². The van der Waals surface area contributed by atoms with Crippen LogP contribution in [0, 0.1) is 11.8 Å². The smallest absolute Gasteiger partial charge is 0.0523 e. The van der Waals surface area contributed by atoms with Crippen LogP contribution in [-0.4, -0.2) is 6.17 Å². The predicted molar refractivity (Wildman–Crippen MR) is 45.4 cm³/mol. The molecule has 2 nitrogen and oxygen atoms in total. The number of hydrogen-bond acceptors (Lipinski definition) is 2. The lowest BCUT2D eigenvalue weighted by atomic mass is 9.90. The maximum Gasteiger partial charge on any atom is 0.0523 e. The van der Waals surface area contributed by atoms with Crippen molar-refractivity contribution < 1.29 is 0 Å². The maximum atomic E-state index is 5.46. The van der Waals surface area contributed by atoms with E-state index in [-0.39, 0.29) is 6.17 Å². The average Bonchev–Trinajstić information content (AvgIpc) is 1.85. The molecular formula is C8H20N2. The molecule has 0 saturated heterocycles. The van der Waals surface area contributed by atoms with Crippen LogP contribution in [0.4, 0.5) is 0 Å². The van der Waals surface area contributed by atoms with Gasteiger partial charge in [0.05, 0.1) is 6.17 Å². The summed E-state index contributed by atoms with van der Waals surface area (Å²) < 4.78 is 0. The Kier molecular flexibility index (Phi) is 4.65. The highest BCUT2D eigenvalue weighted by molar-refractivity contribution is 4.64. The highest BCUT2D eigenvalue weighted by Crippen LogP contribution is 2.17. The van der Waals surface area contributed by atoms with E-state index in [4.69, 9.17) is 11.5 Å². The number of hydrogen-bond donors (Lipinski definition) is 2. The van der Waals surface area contributed by atoms with Gasteiger partial charge in [0.15, 0.2) is 0 Å². The molecule has 2 unspecified atom stereocenters. The zero-order valence-electron chi connectivity index (χ0n) is 7.30. The summed E-state index contributed by atoms with van der Waals surface area (Å²) in [6.45, 7) is 6.65. The van der Waals surface area contributed by atoms with Crippen LogP contribution in [0.3, 0.4) is 0 Å². The van der Waals surface area contributed by atoms with Crippen LogP contribution in [0.2, 0.25) is 0 Å². The minimum absolute atomic E-state index is 0.135. The number of nitrogens with two attached hydrogens (primary N) is 2. The SMILES string of the molecule is CCC(C)C(C)CC(N)N. The Morgan fingerprint density at radius 1 is 1.10 bits per heavy atom. The molecule has 0 aliphatic heterocycles. The Bertz CT molecular complexity index is 81.3. The van der Waals surface area contributed by atoms with Crippen LogP contribution in [0.25, 0.3) is 0 Å². The van der Waals surface area contributed by atoms with Gasteiger partial charge in [0.25, 0.3) is 0 Å². The predicted octanol–water partition coefficient (Wildman–Crippen LogP) is 1.30. The zero-order chi connectivity index (χ0) is 8.15. The summed E-state index contributed by atoms with van der Waals surface area (Å²) >= 11 is 0. The highest BCUT2D eigenvalue weighted by Gasteiger charge is 2.11. The summed E-state index contributed by atoms with van der Waals surface area (Å²) in [4.78, 5) is 0. The van der Waals surface area contributed by atoms with E-state index >= 15 is 0 Å². The molecular weight excluding hydrogens is 124 g/mol. The minimum Gasteiger partial charge on any atom is -0.316 e. The van der Waals surface area contributed by atoms with E-state index in [0.29, 0.717) is 5.92 Å². The van der Waals surface area contributed by atoms with E-state index in [0.717, 1.165) is 12.3 Å². The third-order valence-corrected chi connectivity index (χ3v) is 2.26. The molecule has 0 aliphatic rings. The lowest BCUT2D eigenvalue weighted by Crippen LogP contribution is -2.33. The van der Waals surface area contributed by atoms with Crippen molar-refractivity contribution >= 4 is 0 Å². The molecule has 62 valence electrons. The summed E-state index contributed by atoms with van der Waals surface area (Å²) in [6, 6.07) is 0. The molecule has 0 amide bonds. The lowest BCUT2D eigenvalue weighted by molar-refractivity contribution is 0.332. The normalized spacial score (nSPS) is 17.4. The molecule has 4 N–H and O–H groups in total. The van der Waals surface area contributed by atoms with Gasteiger partial charge < -0.3 is 11.5 Å². The monoisotopic (exact) mass is 144 g/mol. The fourth-order valence-corrected chi connectivity index (χ4v) is 1.06. The molecule has 10 heavy (non-hydrogen) atoms. The molecule has 0 saturated carbocycles. The second-order valence-electron chi connectivity index (χ2n) is 3.26. The molecule has 0 aromatic rings. The third kappa shape index (κ3) is 3.85. The minimum atomic E-state index is -0.135. The van der Waals surface area contributed by atoms with E-state index in [1.165, 1.54) is 6.42 Å². The quantitative estimate of drug-likeness (QED) is 0.584. The van der Waals surface area contributed by atoms with E-state index < -0.39 is 0 Å². The summed E-state index contributed by atoms with van der Waals surface area (Å²) in [6.07, 6.45) is 2.02. The fourth-order valence-electron chi connectivity index (χ4n) is 1.06. The van der Waals surface area contributed by atoms with Gasteiger partial charge in [-0.05, 0) is 18.3 Å². The van der Waals surface area contributed by atoms with Gasteiger partial charge >= 0.3 is 0 Å². The van der Waals surface area contributed by atoms with Crippen molar-refractivity contribution in [2.24, 2.45) is 23.3 Å². The van der Waals surface area contributed by atoms with Crippen LogP contribution in [0.5, 0.6) is 0 Å². The van der Waals surface area contributed by atoms with Crippen LogP contribution < -0.4 is 11.5 Å². The summed E-state index contributed by atoms with van der Waals surface area (Å²) in [5.41, 5.74) is 10.9. The van der Waals surface area contributed by atoms with Gasteiger partial charge in [0.2, 0.25) is 0 Å². The first-order chi connectivity index (χ1) is 4.57. The molecule has 0 rings (SSSR count). The Morgan fingerprint density at radius 3 is 1.90 bits per heavy atom. The molecule has 0 bridgehead atoms. The molecule has 0 aromatic carbocycles. The molecule has 0 aliphatic carbocycles. The second kappa shape index (κ2) is 4.69. The van der Waals surface area contributed by atoms with Gasteiger partial charge in [0.1, 0.15) is 0 Å². The third-order valence-electron chi connectivity index (χ3n) is 2.26. The lowest BCUT2D eigenvalue weighted by Gasteiger charge is -2.19. The molecule has 0 radical (unpaired) electrons. The molecule has 2 heteroatoms. The molecule has 0 fully saturated rings. The summed E-state index contributed by atoms with van der Waals surface area (Å²) in [5, 5.41) is 0. The van der Waals surface area contributed by atoms with Gasteiger partial charge in [-0.25, -0.2) is 0 Å². The summed E-state index contributed by atoms with van der Waals surface area (Å²) in [5.74, 6) is 1.40. The molecule has 0 heterocycles. The number of rotatable bonds is 4. The molecule has 2 atom stereocenters. The van der Waals surface area contributed by atoms with Crippen LogP contribution >= 0.6 is 0 Å². The van der Waals surface area contributed by atoms with Crippen molar-refractivity contribution in [2.75, 3.05) is 0 Å². The topological polar surface area (TPSA) is 52.0 Å². The van der Waals surface area contributed by atoms with E-state index in [2.05, 4.69) is 20.8 Å². The van der Waals surface area contributed by atoms with Gasteiger partial charge in [-0.1, -0.05) is 27.2 Å². The van der Waals surface area contributed by atoms with E-state index in [1.807, 2.05) is 0 Å². The largest absolute Gasteiger partial charge is 0.316 e. The Hall–Kier alpha value is -0.0800. The Labute approximate surface area is 64.0 Å². The van der Waals surface area contributed by atoms with Crippen LogP contribution in [0.1, 0.15) is 33.6 Å². The van der Waals surface area contributed by atoms with Crippen molar-refractivity contribution in [3.63, 3.8) is 0 Å². The van der Waals surface area contributed by atoms with Crippen LogP contribution in [0.15, 0.2) is 0 Å². The van der Waals surface area contributed by atoms with Crippen LogP contribution in [-0.2, 0) is 0 Å². The van der Waals surface area contributed by atoms with Gasteiger partial charge in [-0.3, -0.25) is 0 Å². The first kappa shape index (κ1) is 9.92. The standard InChI is InChI=1S/C8H20N2/c1-4-6(2)7(3)5-8(9)10/h6-8H,4-5,9-10H2,1-3H3. The fraction of sp³-hybridized carbons (Fsp3) is 1.00. The first-order valence-corrected chi connectivity index (χ1v) is 4.09. The van der Waals surface area contributed by atoms with Crippen molar-refractivity contribution in [1.29, 1.82) is 0 Å². The molecule has 0 spiro atoms. The zero-order valence-corrected chi connectivity index (χ0v) is 7.30. The first-order valence-electron chi connectivity index (χ1n) is 4.09. The highest BCUT2D eigenvalue weighted by atomic mass is 14.8. The maximum absolute atomic E-state index is 5.46. The Balaban J connectivity index is 3.50. The summed E-state index contributed by atoms with van der Waals surface area (Å²) in [7, 11) is 0. The average molecular weight is 144 g/mol. The van der Waals surface area contributed by atoms with Crippen molar-refractivity contribution in [3.8, 4) is 0 Å². The second-order valence-corrected chi connectivity index (χ2v) is 3.26. The van der Waals surface area contributed by atoms with Gasteiger partial charge in [-0.2, -0.15) is 0 Å².